The van der Waals surface area contributed by atoms with Gasteiger partial charge in [-0.15, -0.1) is 0 Å². The van der Waals surface area contributed by atoms with Crippen LogP contribution in [0.2, 0.25) is 0 Å². The fourth-order valence-corrected chi connectivity index (χ4v) is 2.05. The Hall–Kier alpha value is -1.15. The molecule has 20 heavy (non-hydrogen) atoms. The summed E-state index contributed by atoms with van der Waals surface area (Å²) in [5.41, 5.74) is 6.37. The van der Waals surface area contributed by atoms with E-state index in [0.29, 0.717) is 25.8 Å². The second kappa shape index (κ2) is 8.91. The smallest absolute Gasteiger partial charge is 0.320 e. The Morgan fingerprint density at radius 2 is 1.90 bits per heavy atom. The van der Waals surface area contributed by atoms with Gasteiger partial charge in [-0.3, -0.25) is 9.59 Å². The molecule has 0 aliphatic carbocycles. The maximum atomic E-state index is 11.7. The van der Waals surface area contributed by atoms with Crippen molar-refractivity contribution in [2.45, 2.75) is 31.7 Å². The number of unbranched alkanes of at least 4 members (excludes halogenated alkanes) is 1. The number of carbonyl (C=O) groups is 2. The molecule has 0 aromatic heterocycles. The average Bonchev–Trinajstić information content (AvgIpc) is 2.40. The van der Waals surface area contributed by atoms with Gasteiger partial charge in [0.2, 0.25) is 5.91 Å². The van der Waals surface area contributed by atoms with Crippen LogP contribution in [0.5, 0.6) is 0 Å². The van der Waals surface area contributed by atoms with Gasteiger partial charge >= 0.3 is 5.97 Å². The highest BCUT2D eigenvalue weighted by Gasteiger charge is 2.10. The van der Waals surface area contributed by atoms with Crippen molar-refractivity contribution in [2.24, 2.45) is 5.73 Å². The van der Waals surface area contributed by atoms with E-state index in [1.165, 1.54) is 0 Å². The zero-order valence-corrected chi connectivity index (χ0v) is 13.3. The van der Waals surface area contributed by atoms with Gasteiger partial charge in [0.25, 0.3) is 0 Å². The molecule has 1 aromatic carbocycles. The Labute approximate surface area is 132 Å². The highest BCUT2D eigenvalue weighted by Crippen LogP contribution is 2.07. The standard InChI is InChI=1S/C14H19IN2O3/c15-11-6-4-10(5-7-11)9-13(18)17-8-2-1-3-12(16)14(19)20/h4-7,12H,1-3,8-9,16H2,(H,17,18)(H,19,20)/t12-/m1/s1. The summed E-state index contributed by atoms with van der Waals surface area (Å²) in [6.07, 6.45) is 2.23. The van der Waals surface area contributed by atoms with Crippen LogP contribution in [0.4, 0.5) is 0 Å². The van der Waals surface area contributed by atoms with E-state index in [1.54, 1.807) is 0 Å². The van der Waals surface area contributed by atoms with Crippen LogP contribution in [0.25, 0.3) is 0 Å². The van der Waals surface area contributed by atoms with E-state index in [0.717, 1.165) is 15.6 Å². The lowest BCUT2D eigenvalue weighted by atomic mass is 10.1. The minimum Gasteiger partial charge on any atom is -0.480 e. The number of carboxylic acids is 1. The van der Waals surface area contributed by atoms with Crippen LogP contribution in [-0.4, -0.2) is 29.6 Å². The number of carboxylic acid groups (broad SMARTS) is 1. The van der Waals surface area contributed by atoms with Gasteiger partial charge in [-0.1, -0.05) is 12.1 Å². The van der Waals surface area contributed by atoms with Gasteiger partial charge in [0.1, 0.15) is 6.04 Å². The molecule has 1 rings (SSSR count). The molecule has 0 saturated carbocycles. The molecule has 0 spiro atoms. The van der Waals surface area contributed by atoms with E-state index in [9.17, 15) is 9.59 Å². The molecule has 0 aliphatic rings. The second-order valence-electron chi connectivity index (χ2n) is 4.59. The zero-order valence-electron chi connectivity index (χ0n) is 11.1. The SMILES string of the molecule is N[C@H](CCCCNC(=O)Cc1ccc(I)cc1)C(=O)O. The van der Waals surface area contributed by atoms with E-state index in [1.807, 2.05) is 24.3 Å². The van der Waals surface area contributed by atoms with E-state index in [-0.39, 0.29) is 5.91 Å². The molecule has 0 bridgehead atoms. The predicted molar refractivity (Wildman–Crippen MR) is 85.3 cm³/mol. The van der Waals surface area contributed by atoms with Gasteiger partial charge in [0.05, 0.1) is 6.42 Å². The van der Waals surface area contributed by atoms with Crippen LogP contribution in [0.15, 0.2) is 24.3 Å². The average molecular weight is 390 g/mol. The summed E-state index contributed by atoms with van der Waals surface area (Å²) in [4.78, 5) is 22.2. The minimum absolute atomic E-state index is 0.0197. The fourth-order valence-electron chi connectivity index (χ4n) is 1.69. The number of amides is 1. The molecule has 0 heterocycles. The van der Waals surface area contributed by atoms with Gasteiger partial charge in [-0.05, 0) is 59.5 Å². The highest BCUT2D eigenvalue weighted by atomic mass is 127. The summed E-state index contributed by atoms with van der Waals surface area (Å²) in [5.74, 6) is -0.999. The van der Waals surface area contributed by atoms with Crippen LogP contribution in [0, 0.1) is 3.57 Å². The summed E-state index contributed by atoms with van der Waals surface area (Å²) in [6, 6.07) is 7.01. The molecular formula is C14H19IN2O3. The summed E-state index contributed by atoms with van der Waals surface area (Å²) >= 11 is 2.22. The number of hydrogen-bond acceptors (Lipinski definition) is 3. The number of nitrogens with two attached hydrogens (primary N) is 1. The molecule has 0 radical (unpaired) electrons. The van der Waals surface area contributed by atoms with E-state index < -0.39 is 12.0 Å². The largest absolute Gasteiger partial charge is 0.480 e. The second-order valence-corrected chi connectivity index (χ2v) is 5.84. The fraction of sp³-hybridized carbons (Fsp3) is 0.429. The lowest BCUT2D eigenvalue weighted by Gasteiger charge is -2.07. The predicted octanol–water partition coefficient (Wildman–Crippen LogP) is 1.53. The molecule has 1 amide bonds. The maximum Gasteiger partial charge on any atom is 0.320 e. The molecule has 0 saturated heterocycles. The number of rotatable bonds is 8. The Bertz CT molecular complexity index is 448. The molecule has 1 atom stereocenters. The van der Waals surface area contributed by atoms with Gasteiger partial charge in [0, 0.05) is 10.1 Å². The van der Waals surface area contributed by atoms with Crippen LogP contribution in [0.3, 0.4) is 0 Å². The lowest BCUT2D eigenvalue weighted by molar-refractivity contribution is -0.138. The summed E-state index contributed by atoms with van der Waals surface area (Å²) in [7, 11) is 0. The molecule has 1 aromatic rings. The number of halogens is 1. The van der Waals surface area contributed by atoms with Gasteiger partial charge < -0.3 is 16.2 Å². The van der Waals surface area contributed by atoms with Crippen molar-refractivity contribution in [1.82, 2.24) is 5.32 Å². The van der Waals surface area contributed by atoms with Gasteiger partial charge in [-0.25, -0.2) is 0 Å². The minimum atomic E-state index is -0.979. The molecule has 6 heteroatoms. The van der Waals surface area contributed by atoms with Gasteiger partial charge in [-0.2, -0.15) is 0 Å². The number of benzene rings is 1. The van der Waals surface area contributed by atoms with Gasteiger partial charge in [0.15, 0.2) is 0 Å². The van der Waals surface area contributed by atoms with Crippen molar-refractivity contribution in [3.8, 4) is 0 Å². The van der Waals surface area contributed by atoms with Crippen LogP contribution in [-0.2, 0) is 16.0 Å². The number of aliphatic carboxylic acids is 1. The Kier molecular flexibility index (Phi) is 7.53. The molecule has 110 valence electrons. The first-order valence-corrected chi connectivity index (χ1v) is 7.56. The third-order valence-corrected chi connectivity index (χ3v) is 3.58. The molecule has 0 unspecified atom stereocenters. The van der Waals surface area contributed by atoms with E-state index in [4.69, 9.17) is 10.8 Å². The van der Waals surface area contributed by atoms with Crippen molar-refractivity contribution in [2.75, 3.05) is 6.54 Å². The Balaban J connectivity index is 2.14. The zero-order chi connectivity index (χ0) is 15.0. The van der Waals surface area contributed by atoms with E-state index in [2.05, 4.69) is 27.9 Å². The topological polar surface area (TPSA) is 92.4 Å². The number of nitrogens with one attached hydrogen (secondary N) is 1. The number of carbonyl (C=O) groups excluding carboxylic acids is 1. The summed E-state index contributed by atoms with van der Waals surface area (Å²) < 4.78 is 1.14. The first kappa shape index (κ1) is 16.9. The quantitative estimate of drug-likeness (QED) is 0.464. The molecule has 5 nitrogen and oxygen atoms in total. The van der Waals surface area contributed by atoms with Crippen molar-refractivity contribution in [3.63, 3.8) is 0 Å². The van der Waals surface area contributed by atoms with Crippen molar-refractivity contribution < 1.29 is 14.7 Å². The third-order valence-electron chi connectivity index (χ3n) is 2.86. The van der Waals surface area contributed by atoms with Crippen LogP contribution >= 0.6 is 22.6 Å². The molecule has 0 fully saturated rings. The molecule has 4 N–H and O–H groups in total. The first-order valence-electron chi connectivity index (χ1n) is 6.48. The Morgan fingerprint density at radius 1 is 1.25 bits per heavy atom. The van der Waals surface area contributed by atoms with Crippen molar-refractivity contribution in [1.29, 1.82) is 0 Å². The van der Waals surface area contributed by atoms with Crippen LogP contribution < -0.4 is 11.1 Å². The third kappa shape index (κ3) is 6.85. The van der Waals surface area contributed by atoms with Crippen LogP contribution in [0.1, 0.15) is 24.8 Å². The maximum absolute atomic E-state index is 11.7. The highest BCUT2D eigenvalue weighted by molar-refractivity contribution is 14.1. The van der Waals surface area contributed by atoms with Crippen molar-refractivity contribution >= 4 is 34.5 Å². The normalized spacial score (nSPS) is 11.9. The first-order chi connectivity index (χ1) is 9.49. The Morgan fingerprint density at radius 3 is 2.50 bits per heavy atom. The number of hydrogen-bond donors (Lipinski definition) is 3. The van der Waals surface area contributed by atoms with Crippen molar-refractivity contribution in [3.05, 3.63) is 33.4 Å². The summed E-state index contributed by atoms with van der Waals surface area (Å²) in [6.45, 7) is 0.551. The molecular weight excluding hydrogens is 371 g/mol. The lowest BCUT2D eigenvalue weighted by Crippen LogP contribution is -2.30. The monoisotopic (exact) mass is 390 g/mol. The molecule has 0 aliphatic heterocycles. The summed E-state index contributed by atoms with van der Waals surface area (Å²) in [5, 5.41) is 11.4. The van der Waals surface area contributed by atoms with E-state index >= 15 is 0 Å².